The fraction of sp³-hybridized carbons (Fsp3) is 0.143. The van der Waals surface area contributed by atoms with E-state index in [1.165, 1.54) is 0 Å². The zero-order chi connectivity index (χ0) is 13.7. The molecule has 0 atom stereocenters. The van der Waals surface area contributed by atoms with Crippen molar-refractivity contribution in [3.63, 3.8) is 0 Å². The Balaban J connectivity index is 2.09. The molecule has 0 radical (unpaired) electrons. The monoisotopic (exact) mass is 319 g/mol. The highest BCUT2D eigenvalue weighted by atomic mass is 79.9. The van der Waals surface area contributed by atoms with Crippen molar-refractivity contribution in [3.8, 4) is 0 Å². The molecular weight excluding hydrogens is 306 g/mol. The summed E-state index contributed by atoms with van der Waals surface area (Å²) in [5, 5.41) is 3.29. The van der Waals surface area contributed by atoms with Gasteiger partial charge in [0.25, 0.3) is 0 Å². The van der Waals surface area contributed by atoms with Gasteiger partial charge in [0.05, 0.1) is 6.42 Å². The van der Waals surface area contributed by atoms with Crippen LogP contribution in [0.25, 0.3) is 0 Å². The van der Waals surface area contributed by atoms with Gasteiger partial charge in [-0.15, -0.1) is 0 Å². The van der Waals surface area contributed by atoms with E-state index in [2.05, 4.69) is 26.2 Å². The van der Waals surface area contributed by atoms with Crippen LogP contribution < -0.4 is 11.1 Å². The van der Waals surface area contributed by atoms with Crippen molar-refractivity contribution >= 4 is 27.5 Å². The number of nitrogens with zero attached hydrogens (tertiary/aromatic N) is 1. The maximum Gasteiger partial charge on any atom is 0.221 e. The number of hydrogen-bond acceptors (Lipinski definition) is 3. The number of anilines is 1. The van der Waals surface area contributed by atoms with E-state index in [1.807, 2.05) is 30.3 Å². The molecule has 19 heavy (non-hydrogen) atoms. The van der Waals surface area contributed by atoms with Gasteiger partial charge in [0.15, 0.2) is 0 Å². The van der Waals surface area contributed by atoms with Crippen molar-refractivity contribution in [2.45, 2.75) is 13.0 Å². The van der Waals surface area contributed by atoms with E-state index in [9.17, 15) is 4.79 Å². The lowest BCUT2D eigenvalue weighted by Crippen LogP contribution is -2.15. The number of primary amides is 1. The Hall–Kier alpha value is -1.88. The number of carbonyl (C=O) groups is 1. The number of hydrogen-bond donors (Lipinski definition) is 2. The Kier molecular flexibility index (Phi) is 4.52. The highest BCUT2D eigenvalue weighted by Gasteiger charge is 2.04. The molecule has 1 aromatic heterocycles. The van der Waals surface area contributed by atoms with Gasteiger partial charge in [-0.3, -0.25) is 9.78 Å². The summed E-state index contributed by atoms with van der Waals surface area (Å²) in [5.41, 5.74) is 8.11. The number of aromatic nitrogens is 1. The lowest BCUT2D eigenvalue weighted by atomic mass is 10.1. The smallest absolute Gasteiger partial charge is 0.221 e. The molecule has 0 saturated carbocycles. The number of nitrogens with two attached hydrogens (primary N) is 1. The van der Waals surface area contributed by atoms with Crippen LogP contribution in [0.1, 0.15) is 11.1 Å². The van der Waals surface area contributed by atoms with Crippen LogP contribution in [0.2, 0.25) is 0 Å². The first-order valence-electron chi connectivity index (χ1n) is 5.84. The maximum absolute atomic E-state index is 11.0. The molecule has 98 valence electrons. The number of amides is 1. The molecule has 0 aliphatic carbocycles. The van der Waals surface area contributed by atoms with Crippen molar-refractivity contribution in [1.29, 1.82) is 0 Å². The minimum Gasteiger partial charge on any atom is -0.381 e. The van der Waals surface area contributed by atoms with Crippen LogP contribution in [-0.2, 0) is 17.8 Å². The molecular formula is C14H14BrN3O. The molecule has 0 bridgehead atoms. The van der Waals surface area contributed by atoms with Gasteiger partial charge in [0.1, 0.15) is 0 Å². The zero-order valence-electron chi connectivity index (χ0n) is 10.3. The molecule has 1 aromatic carbocycles. The van der Waals surface area contributed by atoms with E-state index in [1.54, 1.807) is 12.4 Å². The van der Waals surface area contributed by atoms with Gasteiger partial charge in [-0.05, 0) is 39.2 Å². The Morgan fingerprint density at radius 1 is 1.32 bits per heavy atom. The number of nitrogens with one attached hydrogen (secondary N) is 1. The Morgan fingerprint density at radius 2 is 2.11 bits per heavy atom. The lowest BCUT2D eigenvalue weighted by molar-refractivity contribution is -0.117. The molecule has 4 nitrogen and oxygen atoms in total. The molecule has 2 rings (SSSR count). The molecule has 0 saturated heterocycles. The van der Waals surface area contributed by atoms with Gasteiger partial charge in [-0.1, -0.05) is 18.2 Å². The average Bonchev–Trinajstić information content (AvgIpc) is 2.37. The van der Waals surface area contributed by atoms with Crippen molar-refractivity contribution in [2.24, 2.45) is 5.73 Å². The third-order valence-electron chi connectivity index (χ3n) is 2.63. The lowest BCUT2D eigenvalue weighted by Gasteiger charge is -2.11. The van der Waals surface area contributed by atoms with Crippen molar-refractivity contribution in [1.82, 2.24) is 4.98 Å². The summed E-state index contributed by atoms with van der Waals surface area (Å²) in [7, 11) is 0. The van der Waals surface area contributed by atoms with E-state index in [-0.39, 0.29) is 12.3 Å². The molecule has 0 aliphatic rings. The van der Waals surface area contributed by atoms with Crippen LogP contribution in [0.4, 0.5) is 5.69 Å². The van der Waals surface area contributed by atoms with Gasteiger partial charge >= 0.3 is 0 Å². The van der Waals surface area contributed by atoms with Gasteiger partial charge < -0.3 is 11.1 Å². The fourth-order valence-corrected chi connectivity index (χ4v) is 2.20. The van der Waals surface area contributed by atoms with E-state index < -0.39 is 0 Å². The fourth-order valence-electron chi connectivity index (χ4n) is 1.78. The SMILES string of the molecule is NC(=O)Cc1ccccc1NCc1cncc(Br)c1. The Morgan fingerprint density at radius 3 is 2.84 bits per heavy atom. The van der Waals surface area contributed by atoms with Crippen LogP contribution >= 0.6 is 15.9 Å². The normalized spacial score (nSPS) is 10.2. The minimum absolute atomic E-state index is 0.236. The number of benzene rings is 1. The molecule has 0 unspecified atom stereocenters. The molecule has 0 fully saturated rings. The number of para-hydroxylation sites is 1. The third kappa shape index (κ3) is 4.06. The molecule has 0 spiro atoms. The van der Waals surface area contributed by atoms with Crippen molar-refractivity contribution in [2.75, 3.05) is 5.32 Å². The molecule has 3 N–H and O–H groups in total. The van der Waals surface area contributed by atoms with E-state index in [0.29, 0.717) is 6.54 Å². The number of rotatable bonds is 5. The molecule has 1 amide bonds. The summed E-state index contributed by atoms with van der Waals surface area (Å²) in [6.45, 7) is 0.641. The van der Waals surface area contributed by atoms with Gasteiger partial charge in [-0.25, -0.2) is 0 Å². The first kappa shape index (κ1) is 13.5. The van der Waals surface area contributed by atoms with Crippen LogP contribution in [0.5, 0.6) is 0 Å². The second-order valence-corrected chi connectivity index (χ2v) is 5.08. The topological polar surface area (TPSA) is 68.0 Å². The van der Waals surface area contributed by atoms with Crippen LogP contribution in [0.3, 0.4) is 0 Å². The van der Waals surface area contributed by atoms with Crippen LogP contribution in [0, 0.1) is 0 Å². The molecule has 1 heterocycles. The minimum atomic E-state index is -0.335. The largest absolute Gasteiger partial charge is 0.381 e. The Bertz CT molecular complexity index is 586. The summed E-state index contributed by atoms with van der Waals surface area (Å²) in [6, 6.07) is 9.64. The summed E-state index contributed by atoms with van der Waals surface area (Å²) < 4.78 is 0.942. The quantitative estimate of drug-likeness (QED) is 0.889. The first-order chi connectivity index (χ1) is 9.15. The highest BCUT2D eigenvalue weighted by Crippen LogP contribution is 2.17. The predicted octanol–water partition coefficient (Wildman–Crippen LogP) is 2.48. The Labute approximate surface area is 120 Å². The van der Waals surface area contributed by atoms with E-state index in [4.69, 9.17) is 5.73 Å². The molecule has 2 aromatic rings. The van der Waals surface area contributed by atoms with Crippen molar-refractivity contribution < 1.29 is 4.79 Å². The predicted molar refractivity (Wildman–Crippen MR) is 78.6 cm³/mol. The number of carbonyl (C=O) groups excluding carboxylic acids is 1. The number of halogens is 1. The number of pyridine rings is 1. The highest BCUT2D eigenvalue weighted by molar-refractivity contribution is 9.10. The maximum atomic E-state index is 11.0. The summed E-state index contributed by atoms with van der Waals surface area (Å²) in [6.07, 6.45) is 3.78. The van der Waals surface area contributed by atoms with E-state index >= 15 is 0 Å². The van der Waals surface area contributed by atoms with Crippen LogP contribution in [0.15, 0.2) is 47.2 Å². The first-order valence-corrected chi connectivity index (χ1v) is 6.64. The van der Waals surface area contributed by atoms with Gasteiger partial charge in [-0.2, -0.15) is 0 Å². The standard InChI is InChI=1S/C14H14BrN3O/c15-12-5-10(7-17-9-12)8-18-13-4-2-1-3-11(13)6-14(16)19/h1-5,7,9,18H,6,8H2,(H2,16,19). The van der Waals surface area contributed by atoms with Gasteiger partial charge in [0.2, 0.25) is 5.91 Å². The van der Waals surface area contributed by atoms with E-state index in [0.717, 1.165) is 21.3 Å². The average molecular weight is 320 g/mol. The zero-order valence-corrected chi connectivity index (χ0v) is 11.9. The second kappa shape index (κ2) is 6.33. The summed E-state index contributed by atoms with van der Waals surface area (Å²) in [4.78, 5) is 15.1. The summed E-state index contributed by atoms with van der Waals surface area (Å²) in [5.74, 6) is -0.335. The van der Waals surface area contributed by atoms with Crippen LogP contribution in [-0.4, -0.2) is 10.9 Å². The van der Waals surface area contributed by atoms with Gasteiger partial charge in [0, 0.05) is 29.1 Å². The molecule has 5 heteroatoms. The molecule has 0 aliphatic heterocycles. The third-order valence-corrected chi connectivity index (χ3v) is 3.06. The summed E-state index contributed by atoms with van der Waals surface area (Å²) >= 11 is 3.38. The second-order valence-electron chi connectivity index (χ2n) is 4.17. The van der Waals surface area contributed by atoms with Crippen molar-refractivity contribution in [3.05, 3.63) is 58.3 Å².